The molecule has 3 unspecified atom stereocenters. The average molecular weight is 371 g/mol. The first kappa shape index (κ1) is 20.0. The number of rotatable bonds is 4. The predicted molar refractivity (Wildman–Crippen MR) is 98.3 cm³/mol. The highest BCUT2D eigenvalue weighted by molar-refractivity contribution is 5.85. The Morgan fingerprint density at radius 2 is 1.96 bits per heavy atom. The van der Waals surface area contributed by atoms with Crippen LogP contribution in [0.5, 0.6) is 5.75 Å². The van der Waals surface area contributed by atoms with Gasteiger partial charge in [0, 0.05) is 12.0 Å². The van der Waals surface area contributed by atoms with Crippen LogP contribution in [0.15, 0.2) is 18.2 Å². The summed E-state index contributed by atoms with van der Waals surface area (Å²) >= 11 is 0. The van der Waals surface area contributed by atoms with Gasteiger partial charge >= 0.3 is 0 Å². The van der Waals surface area contributed by atoms with Gasteiger partial charge in [0.05, 0.1) is 18.7 Å². The maximum Gasteiger partial charge on any atom is 0.223 e. The molecular formula is C19H28ClFN2O2. The van der Waals surface area contributed by atoms with Gasteiger partial charge in [0.2, 0.25) is 5.91 Å². The van der Waals surface area contributed by atoms with Crippen LogP contribution in [0.1, 0.15) is 50.6 Å². The van der Waals surface area contributed by atoms with Crippen LogP contribution in [-0.4, -0.2) is 19.1 Å². The third-order valence-electron chi connectivity index (χ3n) is 5.81. The van der Waals surface area contributed by atoms with Gasteiger partial charge < -0.3 is 15.8 Å². The monoisotopic (exact) mass is 370 g/mol. The molecule has 140 valence electrons. The van der Waals surface area contributed by atoms with E-state index in [0.29, 0.717) is 23.1 Å². The first-order chi connectivity index (χ1) is 11.5. The highest BCUT2D eigenvalue weighted by atomic mass is 35.5. The maximum atomic E-state index is 14.2. The van der Waals surface area contributed by atoms with Crippen LogP contribution in [-0.2, 0) is 4.79 Å². The van der Waals surface area contributed by atoms with Crippen molar-refractivity contribution in [1.82, 2.24) is 5.32 Å². The summed E-state index contributed by atoms with van der Waals surface area (Å²) in [4.78, 5) is 12.7. The maximum absolute atomic E-state index is 14.2. The van der Waals surface area contributed by atoms with Gasteiger partial charge in [-0.2, -0.15) is 0 Å². The number of ether oxygens (including phenoxy) is 1. The van der Waals surface area contributed by atoms with Crippen LogP contribution < -0.4 is 15.8 Å². The number of carbonyl (C=O) groups excluding carboxylic acids is 1. The SMILES string of the molecule is COc1cccc(F)c1C(C)NC(=O)C1CC2CCCC(C1)C2N.Cl. The number of methoxy groups -OCH3 is 1. The van der Waals surface area contributed by atoms with Crippen LogP contribution in [0.2, 0.25) is 0 Å². The van der Waals surface area contributed by atoms with E-state index >= 15 is 0 Å². The summed E-state index contributed by atoms with van der Waals surface area (Å²) < 4.78 is 19.4. The van der Waals surface area contributed by atoms with Gasteiger partial charge in [-0.3, -0.25) is 4.79 Å². The molecule has 3 atom stereocenters. The zero-order valence-electron chi connectivity index (χ0n) is 14.8. The Kier molecular flexibility index (Phi) is 6.69. The Labute approximate surface area is 155 Å². The van der Waals surface area contributed by atoms with Crippen molar-refractivity contribution in [2.75, 3.05) is 7.11 Å². The van der Waals surface area contributed by atoms with Gasteiger partial charge in [0.25, 0.3) is 0 Å². The summed E-state index contributed by atoms with van der Waals surface area (Å²) in [5.41, 5.74) is 6.70. The number of carbonyl (C=O) groups is 1. The second-order valence-electron chi connectivity index (χ2n) is 7.28. The van der Waals surface area contributed by atoms with Crippen molar-refractivity contribution in [3.63, 3.8) is 0 Å². The van der Waals surface area contributed by atoms with E-state index < -0.39 is 6.04 Å². The van der Waals surface area contributed by atoms with E-state index in [0.717, 1.165) is 25.7 Å². The molecule has 2 bridgehead atoms. The fourth-order valence-electron chi connectivity index (χ4n) is 4.52. The Balaban J connectivity index is 0.00000225. The van der Waals surface area contributed by atoms with Crippen molar-refractivity contribution >= 4 is 18.3 Å². The Morgan fingerprint density at radius 1 is 1.32 bits per heavy atom. The minimum absolute atomic E-state index is 0. The second kappa shape index (κ2) is 8.37. The van der Waals surface area contributed by atoms with Crippen molar-refractivity contribution in [2.45, 2.75) is 51.1 Å². The standard InChI is InChI=1S/C19H27FN2O2.ClH/c1-11(17-15(20)7-4-8-16(17)24-2)22-19(23)14-9-12-5-3-6-13(10-14)18(12)21;/h4,7-8,11-14,18H,3,5-6,9-10,21H2,1-2H3,(H,22,23);1H. The molecule has 0 aromatic heterocycles. The number of benzene rings is 1. The molecule has 2 fully saturated rings. The molecule has 6 heteroatoms. The Hall–Kier alpha value is -1.33. The molecule has 4 nitrogen and oxygen atoms in total. The fourth-order valence-corrected chi connectivity index (χ4v) is 4.52. The molecule has 0 saturated heterocycles. The van der Waals surface area contributed by atoms with Gasteiger partial charge in [-0.05, 0) is 56.6 Å². The molecule has 25 heavy (non-hydrogen) atoms. The second-order valence-corrected chi connectivity index (χ2v) is 7.28. The lowest BCUT2D eigenvalue weighted by atomic mass is 9.65. The minimum atomic E-state index is -0.427. The number of halogens is 2. The van der Waals surface area contributed by atoms with Gasteiger partial charge in [0.15, 0.2) is 0 Å². The van der Waals surface area contributed by atoms with E-state index in [1.54, 1.807) is 19.1 Å². The molecule has 1 aromatic carbocycles. The van der Waals surface area contributed by atoms with Crippen molar-refractivity contribution in [3.8, 4) is 5.75 Å². The highest BCUT2D eigenvalue weighted by Gasteiger charge is 2.40. The van der Waals surface area contributed by atoms with E-state index in [2.05, 4.69) is 5.32 Å². The van der Waals surface area contributed by atoms with Crippen molar-refractivity contribution < 1.29 is 13.9 Å². The van der Waals surface area contributed by atoms with Crippen LogP contribution in [0, 0.1) is 23.6 Å². The number of nitrogens with one attached hydrogen (secondary N) is 1. The topological polar surface area (TPSA) is 64.3 Å². The van der Waals surface area contributed by atoms with Gasteiger partial charge in [-0.15, -0.1) is 12.4 Å². The summed E-state index contributed by atoms with van der Waals surface area (Å²) in [6, 6.07) is 4.53. The van der Waals surface area contributed by atoms with Crippen molar-refractivity contribution in [3.05, 3.63) is 29.6 Å². The zero-order valence-corrected chi connectivity index (χ0v) is 15.7. The molecular weight excluding hydrogens is 343 g/mol. The molecule has 1 amide bonds. The van der Waals surface area contributed by atoms with E-state index in [1.807, 2.05) is 0 Å². The van der Waals surface area contributed by atoms with Gasteiger partial charge in [0.1, 0.15) is 11.6 Å². The third-order valence-corrected chi connectivity index (χ3v) is 5.81. The summed E-state index contributed by atoms with van der Waals surface area (Å²) in [6.45, 7) is 1.80. The van der Waals surface area contributed by atoms with E-state index in [4.69, 9.17) is 10.5 Å². The average Bonchev–Trinajstić information content (AvgIpc) is 2.53. The quantitative estimate of drug-likeness (QED) is 0.851. The van der Waals surface area contributed by atoms with Crippen molar-refractivity contribution in [1.29, 1.82) is 0 Å². The third kappa shape index (κ3) is 4.09. The number of nitrogens with two attached hydrogens (primary N) is 1. The highest BCUT2D eigenvalue weighted by Crippen LogP contribution is 2.42. The Bertz CT molecular complexity index is 599. The summed E-state index contributed by atoms with van der Waals surface area (Å²) in [6.07, 6.45) is 5.17. The number of amides is 1. The fraction of sp³-hybridized carbons (Fsp3) is 0.632. The van der Waals surface area contributed by atoms with Gasteiger partial charge in [-0.25, -0.2) is 4.39 Å². The largest absolute Gasteiger partial charge is 0.496 e. The lowest BCUT2D eigenvalue weighted by molar-refractivity contribution is -0.128. The zero-order chi connectivity index (χ0) is 17.3. The molecule has 0 spiro atoms. The lowest BCUT2D eigenvalue weighted by Gasteiger charge is -2.43. The molecule has 3 rings (SSSR count). The molecule has 3 N–H and O–H groups in total. The molecule has 2 aliphatic rings. The van der Waals surface area contributed by atoms with Crippen LogP contribution in [0.25, 0.3) is 0 Å². The predicted octanol–water partition coefficient (Wildman–Crippen LogP) is 3.59. The van der Waals surface area contributed by atoms with E-state index in [1.165, 1.54) is 19.6 Å². The molecule has 1 aromatic rings. The molecule has 0 radical (unpaired) electrons. The molecule has 0 aliphatic heterocycles. The summed E-state index contributed by atoms with van der Waals surface area (Å²) in [5, 5.41) is 2.99. The smallest absolute Gasteiger partial charge is 0.223 e. The number of fused-ring (bicyclic) bond motifs is 2. The molecule has 0 heterocycles. The first-order valence-corrected chi connectivity index (χ1v) is 8.89. The van der Waals surface area contributed by atoms with E-state index in [9.17, 15) is 9.18 Å². The van der Waals surface area contributed by atoms with E-state index in [-0.39, 0.29) is 36.1 Å². The normalized spacial score (nSPS) is 29.3. The Morgan fingerprint density at radius 3 is 2.56 bits per heavy atom. The summed E-state index contributed by atoms with van der Waals surface area (Å²) in [7, 11) is 1.51. The molecule has 2 saturated carbocycles. The van der Waals surface area contributed by atoms with Crippen molar-refractivity contribution in [2.24, 2.45) is 23.5 Å². The van der Waals surface area contributed by atoms with Crippen LogP contribution >= 0.6 is 12.4 Å². The number of hydrogen-bond acceptors (Lipinski definition) is 3. The van der Waals surface area contributed by atoms with Gasteiger partial charge in [-0.1, -0.05) is 12.5 Å². The lowest BCUT2D eigenvalue weighted by Crippen LogP contribution is -2.49. The van der Waals surface area contributed by atoms with Crippen LogP contribution in [0.3, 0.4) is 0 Å². The number of hydrogen-bond donors (Lipinski definition) is 2. The summed E-state index contributed by atoms with van der Waals surface area (Å²) in [5.74, 6) is 1.00. The molecule has 2 aliphatic carbocycles. The van der Waals surface area contributed by atoms with Crippen LogP contribution in [0.4, 0.5) is 4.39 Å². The first-order valence-electron chi connectivity index (χ1n) is 8.89. The minimum Gasteiger partial charge on any atom is -0.496 e.